The summed E-state index contributed by atoms with van der Waals surface area (Å²) in [7, 11) is 2.88. The van der Waals surface area contributed by atoms with Gasteiger partial charge in [0.05, 0.1) is 18.7 Å². The second-order valence-corrected chi connectivity index (χ2v) is 5.97. The van der Waals surface area contributed by atoms with Crippen molar-refractivity contribution < 1.29 is 23.1 Å². The van der Waals surface area contributed by atoms with Gasteiger partial charge in [0.1, 0.15) is 22.9 Å². The third-order valence-electron chi connectivity index (χ3n) is 3.70. The van der Waals surface area contributed by atoms with E-state index in [0.717, 1.165) is 0 Å². The van der Waals surface area contributed by atoms with Crippen molar-refractivity contribution in [2.24, 2.45) is 0 Å². The number of carbonyl (C=O) groups excluding carboxylic acids is 1. The third kappa shape index (κ3) is 3.30. The minimum Gasteiger partial charge on any atom is -0.497 e. The van der Waals surface area contributed by atoms with Crippen LogP contribution in [-0.2, 0) is 4.74 Å². The second-order valence-electron chi connectivity index (χ2n) is 5.18. The standard InChI is InChI=1S/C19H14BrFO4/c1-23-14-9-5-11(6-10-14)17-15(19(22)24-2)16(20)18(25-17)12-3-7-13(21)8-4-12/h3-10H,1-2H3. The minimum atomic E-state index is -0.533. The molecular weight excluding hydrogens is 391 g/mol. The van der Waals surface area contributed by atoms with Crippen molar-refractivity contribution in [1.82, 2.24) is 0 Å². The monoisotopic (exact) mass is 404 g/mol. The van der Waals surface area contributed by atoms with E-state index in [4.69, 9.17) is 13.9 Å². The lowest BCUT2D eigenvalue weighted by molar-refractivity contribution is 0.0600. The first-order chi connectivity index (χ1) is 12.0. The highest BCUT2D eigenvalue weighted by Gasteiger charge is 2.26. The topological polar surface area (TPSA) is 48.7 Å². The fraction of sp³-hybridized carbons (Fsp3) is 0.105. The largest absolute Gasteiger partial charge is 0.497 e. The van der Waals surface area contributed by atoms with E-state index >= 15 is 0 Å². The van der Waals surface area contributed by atoms with E-state index in [-0.39, 0.29) is 11.4 Å². The summed E-state index contributed by atoms with van der Waals surface area (Å²) in [4.78, 5) is 12.3. The molecule has 25 heavy (non-hydrogen) atoms. The van der Waals surface area contributed by atoms with Gasteiger partial charge in [0, 0.05) is 11.1 Å². The summed E-state index contributed by atoms with van der Waals surface area (Å²) in [6.45, 7) is 0. The maximum absolute atomic E-state index is 13.2. The molecule has 128 valence electrons. The molecule has 0 aliphatic heterocycles. The zero-order valence-corrected chi connectivity index (χ0v) is 15.1. The van der Waals surface area contributed by atoms with Crippen molar-refractivity contribution in [3.63, 3.8) is 0 Å². The van der Waals surface area contributed by atoms with Crippen LogP contribution in [-0.4, -0.2) is 20.2 Å². The summed E-state index contributed by atoms with van der Waals surface area (Å²) in [5, 5.41) is 0. The quantitative estimate of drug-likeness (QED) is 0.552. The highest BCUT2D eigenvalue weighted by atomic mass is 79.9. The van der Waals surface area contributed by atoms with Crippen molar-refractivity contribution in [1.29, 1.82) is 0 Å². The van der Waals surface area contributed by atoms with Crippen LogP contribution in [0.25, 0.3) is 22.6 Å². The number of rotatable bonds is 4. The number of halogens is 2. The Kier molecular flexibility index (Phi) is 4.90. The average molecular weight is 405 g/mol. The zero-order chi connectivity index (χ0) is 18.0. The molecule has 2 aromatic carbocycles. The molecule has 0 spiro atoms. The number of hydrogen-bond donors (Lipinski definition) is 0. The fourth-order valence-electron chi connectivity index (χ4n) is 2.43. The van der Waals surface area contributed by atoms with Gasteiger partial charge in [-0.25, -0.2) is 9.18 Å². The van der Waals surface area contributed by atoms with Crippen LogP contribution in [0.1, 0.15) is 10.4 Å². The van der Waals surface area contributed by atoms with Gasteiger partial charge < -0.3 is 13.9 Å². The van der Waals surface area contributed by atoms with E-state index in [9.17, 15) is 9.18 Å². The van der Waals surface area contributed by atoms with Crippen LogP contribution >= 0.6 is 15.9 Å². The van der Waals surface area contributed by atoms with Crippen LogP contribution in [0.4, 0.5) is 4.39 Å². The van der Waals surface area contributed by atoms with Gasteiger partial charge >= 0.3 is 5.97 Å². The van der Waals surface area contributed by atoms with Crippen LogP contribution < -0.4 is 4.74 Å². The Hall–Kier alpha value is -2.60. The number of ether oxygens (including phenoxy) is 2. The van der Waals surface area contributed by atoms with Crippen molar-refractivity contribution in [2.75, 3.05) is 14.2 Å². The Labute approximate surface area is 152 Å². The Morgan fingerprint density at radius 3 is 2.08 bits per heavy atom. The van der Waals surface area contributed by atoms with Gasteiger partial charge in [-0.1, -0.05) is 0 Å². The first-order valence-corrected chi connectivity index (χ1v) is 8.15. The molecule has 0 saturated heterocycles. The molecule has 0 atom stereocenters. The van der Waals surface area contributed by atoms with E-state index in [1.165, 1.54) is 19.2 Å². The maximum atomic E-state index is 13.2. The zero-order valence-electron chi connectivity index (χ0n) is 13.5. The van der Waals surface area contributed by atoms with Crippen LogP contribution in [0.2, 0.25) is 0 Å². The molecule has 6 heteroatoms. The van der Waals surface area contributed by atoms with Gasteiger partial charge in [0.25, 0.3) is 0 Å². The van der Waals surface area contributed by atoms with Gasteiger partial charge in [-0.2, -0.15) is 0 Å². The molecular formula is C19H14BrFO4. The highest BCUT2D eigenvalue weighted by Crippen LogP contribution is 2.41. The number of carbonyl (C=O) groups is 1. The Morgan fingerprint density at radius 2 is 1.52 bits per heavy atom. The lowest BCUT2D eigenvalue weighted by Gasteiger charge is -2.03. The molecule has 0 radical (unpaired) electrons. The molecule has 4 nitrogen and oxygen atoms in total. The number of furan rings is 1. The van der Waals surface area contributed by atoms with Crippen molar-refractivity contribution in [2.45, 2.75) is 0 Å². The molecule has 0 bridgehead atoms. The van der Waals surface area contributed by atoms with Crippen LogP contribution in [0, 0.1) is 5.82 Å². The smallest absolute Gasteiger partial charge is 0.343 e. The molecule has 0 N–H and O–H groups in total. The van der Waals surface area contributed by atoms with E-state index < -0.39 is 5.97 Å². The average Bonchev–Trinajstić information content (AvgIpc) is 2.99. The summed E-state index contributed by atoms with van der Waals surface area (Å²) in [5.74, 6) is 0.587. The molecule has 0 fully saturated rings. The van der Waals surface area contributed by atoms with Crippen LogP contribution in [0.3, 0.4) is 0 Å². The predicted molar refractivity (Wildman–Crippen MR) is 95.1 cm³/mol. The molecule has 0 saturated carbocycles. The molecule has 3 rings (SSSR count). The summed E-state index contributed by atoms with van der Waals surface area (Å²) in [6.07, 6.45) is 0. The lowest BCUT2D eigenvalue weighted by atomic mass is 10.1. The summed E-state index contributed by atoms with van der Waals surface area (Å²) in [5.41, 5.74) is 1.60. The summed E-state index contributed by atoms with van der Waals surface area (Å²) in [6, 6.07) is 12.9. The van der Waals surface area contributed by atoms with E-state index in [1.54, 1.807) is 43.5 Å². The van der Waals surface area contributed by atoms with Crippen LogP contribution in [0.15, 0.2) is 57.4 Å². The van der Waals surface area contributed by atoms with Gasteiger partial charge in [0.2, 0.25) is 0 Å². The lowest BCUT2D eigenvalue weighted by Crippen LogP contribution is -2.02. The molecule has 0 amide bonds. The molecule has 0 aliphatic rings. The Balaban J connectivity index is 2.17. The second kappa shape index (κ2) is 7.11. The number of esters is 1. The number of hydrogen-bond acceptors (Lipinski definition) is 4. The van der Waals surface area contributed by atoms with E-state index in [1.807, 2.05) is 0 Å². The normalized spacial score (nSPS) is 10.6. The van der Waals surface area contributed by atoms with Crippen molar-refractivity contribution >= 4 is 21.9 Å². The summed E-state index contributed by atoms with van der Waals surface area (Å²) >= 11 is 3.41. The molecule has 0 aliphatic carbocycles. The molecule has 1 aromatic heterocycles. The van der Waals surface area contributed by atoms with Gasteiger partial charge in [0.15, 0.2) is 5.76 Å². The highest BCUT2D eigenvalue weighted by molar-refractivity contribution is 9.10. The van der Waals surface area contributed by atoms with Gasteiger partial charge in [-0.3, -0.25) is 0 Å². The first-order valence-electron chi connectivity index (χ1n) is 7.36. The van der Waals surface area contributed by atoms with E-state index in [0.29, 0.717) is 32.9 Å². The SMILES string of the molecule is COC(=O)c1c(-c2ccc(OC)cc2)oc(-c2ccc(F)cc2)c1Br. The van der Waals surface area contributed by atoms with Crippen molar-refractivity contribution in [3.8, 4) is 28.4 Å². The number of methoxy groups -OCH3 is 2. The molecule has 0 unspecified atom stereocenters. The van der Waals surface area contributed by atoms with Gasteiger partial charge in [-0.05, 0) is 64.5 Å². The Bertz CT molecular complexity index is 898. The molecule has 3 aromatic rings. The summed E-state index contributed by atoms with van der Waals surface area (Å²) < 4.78 is 29.6. The Morgan fingerprint density at radius 1 is 0.960 bits per heavy atom. The first kappa shape index (κ1) is 17.2. The fourth-order valence-corrected chi connectivity index (χ4v) is 3.08. The molecule has 1 heterocycles. The maximum Gasteiger partial charge on any atom is 0.343 e. The van der Waals surface area contributed by atoms with E-state index in [2.05, 4.69) is 15.9 Å². The third-order valence-corrected chi connectivity index (χ3v) is 4.45. The van der Waals surface area contributed by atoms with Crippen molar-refractivity contribution in [3.05, 3.63) is 64.4 Å². The number of benzene rings is 2. The predicted octanol–water partition coefficient (Wildman–Crippen LogP) is 5.31. The van der Waals surface area contributed by atoms with Crippen LogP contribution in [0.5, 0.6) is 5.75 Å². The minimum absolute atomic E-state index is 0.270. The van der Waals surface area contributed by atoms with Gasteiger partial charge in [-0.15, -0.1) is 0 Å².